The van der Waals surface area contributed by atoms with Crippen LogP contribution in [0.4, 0.5) is 0 Å². The van der Waals surface area contributed by atoms with Crippen molar-refractivity contribution in [3.8, 4) is 0 Å². The fraction of sp³-hybridized carbons (Fsp3) is 0.463. The highest BCUT2D eigenvalue weighted by molar-refractivity contribution is 6.99. The van der Waals surface area contributed by atoms with Gasteiger partial charge in [-0.25, -0.2) is 0 Å². The van der Waals surface area contributed by atoms with Crippen LogP contribution in [0.3, 0.4) is 0 Å². The minimum atomic E-state index is -2.64. The number of esters is 2. The van der Waals surface area contributed by atoms with Crippen LogP contribution in [0, 0.1) is 17.3 Å². The van der Waals surface area contributed by atoms with Gasteiger partial charge in [0.1, 0.15) is 0 Å². The Hall–Kier alpha value is -3.48. The van der Waals surface area contributed by atoms with Crippen molar-refractivity contribution < 1.29 is 23.5 Å². The molecule has 0 heterocycles. The van der Waals surface area contributed by atoms with Crippen molar-refractivity contribution in [2.24, 2.45) is 17.3 Å². The fourth-order valence-electron chi connectivity index (χ4n) is 6.91. The van der Waals surface area contributed by atoms with Crippen molar-refractivity contribution in [3.63, 3.8) is 0 Å². The third kappa shape index (κ3) is 10.0. The first-order valence-corrected chi connectivity index (χ1v) is 18.7. The number of methoxy groups -OCH3 is 2. The lowest BCUT2D eigenvalue weighted by atomic mass is 9.76. The Labute approximate surface area is 285 Å². The van der Waals surface area contributed by atoms with E-state index in [0.29, 0.717) is 12.5 Å². The Kier molecular flexibility index (Phi) is 15.8. The summed E-state index contributed by atoms with van der Waals surface area (Å²) in [6.45, 7) is 21.5. The van der Waals surface area contributed by atoms with Gasteiger partial charge in [0.05, 0.1) is 14.2 Å². The molecule has 0 fully saturated rings. The monoisotopic (exact) mass is 658 g/mol. The number of benzene rings is 2. The molecule has 2 aromatic rings. The quantitative estimate of drug-likeness (QED) is 0.0377. The van der Waals surface area contributed by atoms with Gasteiger partial charge in [0.25, 0.3) is 8.32 Å². The van der Waals surface area contributed by atoms with E-state index in [-0.39, 0.29) is 23.8 Å². The lowest BCUT2D eigenvalue weighted by Gasteiger charge is -2.43. The smallest absolute Gasteiger partial charge is 0.323 e. The van der Waals surface area contributed by atoms with E-state index in [9.17, 15) is 9.59 Å². The molecule has 2 atom stereocenters. The summed E-state index contributed by atoms with van der Waals surface area (Å²) in [4.78, 5) is 26.4. The van der Waals surface area contributed by atoms with Crippen LogP contribution >= 0.6 is 0 Å². The molecule has 2 aromatic carbocycles. The van der Waals surface area contributed by atoms with Crippen LogP contribution in [0.25, 0.3) is 0 Å². The fourth-order valence-corrected chi connectivity index (χ4v) is 11.5. The van der Waals surface area contributed by atoms with Crippen LogP contribution < -0.4 is 10.4 Å². The zero-order valence-electron chi connectivity index (χ0n) is 30.1. The van der Waals surface area contributed by atoms with Gasteiger partial charge in [0.2, 0.25) is 0 Å². The Morgan fingerprint density at radius 1 is 0.872 bits per heavy atom. The van der Waals surface area contributed by atoms with Crippen molar-refractivity contribution in [2.75, 3.05) is 20.8 Å². The Morgan fingerprint density at radius 3 is 1.85 bits per heavy atom. The van der Waals surface area contributed by atoms with Crippen molar-refractivity contribution in [3.05, 3.63) is 109 Å². The maximum absolute atomic E-state index is 13.2. The summed E-state index contributed by atoms with van der Waals surface area (Å²) < 4.78 is 17.6. The molecule has 0 aliphatic heterocycles. The minimum absolute atomic E-state index is 0.0918. The maximum Gasteiger partial charge on any atom is 0.323 e. The average Bonchev–Trinajstić information content (AvgIpc) is 3.06. The maximum atomic E-state index is 13.2. The first-order chi connectivity index (χ1) is 22.3. The average molecular weight is 659 g/mol. The van der Waals surface area contributed by atoms with E-state index < -0.39 is 25.7 Å². The number of carbonyl (C=O) groups is 2. The standard InChI is InChI=1S/C41H58O5Si/c1-11-13-22-33(4)37(34(5)28-29-41(38(42)44-9,39(43)45-10)31-32(3)21-12-2)27-20-30-46-47(40(6,7)8,35-23-16-14-17-24-35)36-25-18-15-19-26-36/h11-12,14-19,21,23-26,28,33,37H,1-2,13,20,22,27,29-31H2,3-10H3/b32-21+,34-28+/t33-,37+/m1/s1. The van der Waals surface area contributed by atoms with E-state index >= 15 is 0 Å². The number of rotatable bonds is 19. The van der Waals surface area contributed by atoms with Crippen molar-refractivity contribution in [1.29, 1.82) is 0 Å². The highest BCUT2D eigenvalue weighted by Gasteiger charge is 2.50. The largest absolute Gasteiger partial charge is 0.468 e. The summed E-state index contributed by atoms with van der Waals surface area (Å²) in [6, 6.07) is 21.4. The van der Waals surface area contributed by atoms with Gasteiger partial charge < -0.3 is 13.9 Å². The summed E-state index contributed by atoms with van der Waals surface area (Å²) in [5.74, 6) is -0.596. The summed E-state index contributed by atoms with van der Waals surface area (Å²) in [5, 5.41) is 2.45. The van der Waals surface area contributed by atoms with Gasteiger partial charge in [-0.15, -0.1) is 6.58 Å². The molecule has 0 aliphatic carbocycles. The number of carbonyl (C=O) groups excluding carboxylic acids is 2. The van der Waals surface area contributed by atoms with E-state index in [1.54, 1.807) is 6.08 Å². The van der Waals surface area contributed by atoms with E-state index in [0.717, 1.165) is 36.8 Å². The van der Waals surface area contributed by atoms with Crippen LogP contribution in [0.2, 0.25) is 5.04 Å². The third-order valence-electron chi connectivity index (χ3n) is 9.40. The molecule has 0 saturated carbocycles. The van der Waals surface area contributed by atoms with Crippen LogP contribution in [0.1, 0.15) is 80.1 Å². The molecular weight excluding hydrogens is 601 g/mol. The van der Waals surface area contributed by atoms with Crippen LogP contribution in [-0.4, -0.2) is 41.1 Å². The summed E-state index contributed by atoms with van der Waals surface area (Å²) in [6.07, 6.45) is 11.6. The van der Waals surface area contributed by atoms with Crippen molar-refractivity contribution in [1.82, 2.24) is 0 Å². The minimum Gasteiger partial charge on any atom is -0.468 e. The second-order valence-electron chi connectivity index (χ2n) is 13.7. The molecule has 5 nitrogen and oxygen atoms in total. The normalized spacial score (nSPS) is 14.2. The molecule has 0 radical (unpaired) electrons. The number of ether oxygens (including phenoxy) is 2. The highest BCUT2D eigenvalue weighted by Crippen LogP contribution is 2.39. The lowest BCUT2D eigenvalue weighted by Crippen LogP contribution is -2.66. The molecule has 256 valence electrons. The molecule has 0 bridgehead atoms. The zero-order valence-corrected chi connectivity index (χ0v) is 31.1. The van der Waals surface area contributed by atoms with Crippen LogP contribution in [0.5, 0.6) is 0 Å². The molecule has 0 amide bonds. The topological polar surface area (TPSA) is 61.8 Å². The molecule has 0 spiro atoms. The summed E-state index contributed by atoms with van der Waals surface area (Å²) >= 11 is 0. The van der Waals surface area contributed by atoms with Gasteiger partial charge in [0.15, 0.2) is 5.41 Å². The third-order valence-corrected chi connectivity index (χ3v) is 14.4. The Morgan fingerprint density at radius 2 is 1.40 bits per heavy atom. The lowest BCUT2D eigenvalue weighted by molar-refractivity contribution is -0.168. The van der Waals surface area contributed by atoms with Gasteiger partial charge >= 0.3 is 11.9 Å². The predicted octanol–water partition coefficient (Wildman–Crippen LogP) is 8.75. The number of hydrogen-bond donors (Lipinski definition) is 0. The first kappa shape index (κ1) is 39.7. The SMILES string of the molecule is C=C/C=C(\C)CC(C/C=C(\C)[C@@H](CCCO[Si](c1ccccc1)(c1ccccc1)C(C)(C)C)[C@H](C)CCC=C)(C(=O)OC)C(=O)OC. The summed E-state index contributed by atoms with van der Waals surface area (Å²) in [7, 11) is -0.00686. The first-order valence-electron chi connectivity index (χ1n) is 16.8. The molecular formula is C41H58O5Si. The van der Waals surface area contributed by atoms with E-state index in [1.807, 2.05) is 25.2 Å². The van der Waals surface area contributed by atoms with Crippen molar-refractivity contribution in [2.45, 2.75) is 85.1 Å². The van der Waals surface area contributed by atoms with Crippen LogP contribution in [0.15, 0.2) is 109 Å². The molecule has 0 saturated heterocycles. The van der Waals surface area contributed by atoms with Gasteiger partial charge in [-0.05, 0) is 79.6 Å². The highest BCUT2D eigenvalue weighted by atomic mass is 28.4. The second-order valence-corrected chi connectivity index (χ2v) is 18.1. The number of allylic oxidation sites excluding steroid dienone is 6. The predicted molar refractivity (Wildman–Crippen MR) is 198 cm³/mol. The second kappa shape index (κ2) is 18.8. The molecule has 0 unspecified atom stereocenters. The van der Waals surface area contributed by atoms with Gasteiger partial charge in [-0.1, -0.05) is 130 Å². The van der Waals surface area contributed by atoms with Gasteiger partial charge in [-0.3, -0.25) is 9.59 Å². The summed E-state index contributed by atoms with van der Waals surface area (Å²) in [5.41, 5.74) is 0.517. The molecule has 0 aliphatic rings. The molecule has 0 N–H and O–H groups in total. The van der Waals surface area contributed by atoms with Crippen LogP contribution in [-0.2, 0) is 23.5 Å². The zero-order chi connectivity index (χ0) is 35.1. The van der Waals surface area contributed by atoms with Gasteiger partial charge in [0, 0.05) is 6.61 Å². The molecule has 2 rings (SSSR count). The molecule has 47 heavy (non-hydrogen) atoms. The Balaban J connectivity index is 2.44. The number of hydrogen-bond acceptors (Lipinski definition) is 5. The van der Waals surface area contributed by atoms with Crippen molar-refractivity contribution >= 4 is 30.6 Å². The van der Waals surface area contributed by atoms with E-state index in [4.69, 9.17) is 13.9 Å². The Bertz CT molecular complexity index is 1300. The van der Waals surface area contributed by atoms with E-state index in [1.165, 1.54) is 24.6 Å². The van der Waals surface area contributed by atoms with Gasteiger partial charge in [-0.2, -0.15) is 0 Å². The molecule has 6 heteroatoms. The molecule has 0 aromatic heterocycles. The van der Waals surface area contributed by atoms with E-state index in [2.05, 4.69) is 108 Å².